The average Bonchev–Trinajstić information content (AvgIpc) is 1.91. The Morgan fingerprint density at radius 1 is 0.828 bits per heavy atom. The van der Waals surface area contributed by atoms with Crippen molar-refractivity contribution in [2.24, 2.45) is 11.7 Å². The van der Waals surface area contributed by atoms with Crippen molar-refractivity contribution in [3.05, 3.63) is 99.4 Å². The Hall–Kier alpha value is -7.65. The molecular weight excluding hydrogens is 1180 g/mol. The van der Waals surface area contributed by atoms with Gasteiger partial charge in [-0.2, -0.15) is 8.78 Å². The van der Waals surface area contributed by atoms with Gasteiger partial charge in [0.2, 0.25) is 41.4 Å². The van der Waals surface area contributed by atoms with Crippen LogP contribution in [0.2, 0.25) is 0 Å². The summed E-state index contributed by atoms with van der Waals surface area (Å²) in [7, 11) is -5.94. The van der Waals surface area contributed by atoms with Crippen LogP contribution in [0, 0.1) is 5.92 Å². The van der Waals surface area contributed by atoms with Gasteiger partial charge in [0.05, 0.1) is 22.5 Å². The summed E-state index contributed by atoms with van der Waals surface area (Å²) in [6.45, 7) is 6.16. The van der Waals surface area contributed by atoms with Crippen LogP contribution in [0.25, 0.3) is 10.1 Å². The number of halogens is 4. The van der Waals surface area contributed by atoms with Crippen LogP contribution in [0.15, 0.2) is 66.7 Å². The third-order valence-electron chi connectivity index (χ3n) is 16.5. The zero-order valence-electron chi connectivity index (χ0n) is 47.7. The SMILES string of the molecule is CC(C)(C)c1ccc(CC(NC(=O)C(CCC(N)=O)NC(=O)[C@@H]2CC[C@@H]3CCN(CC(F)F)C[C@H](NC(=O)c4cc5cc(C(F)(F)P(=O)(O)O)ccc5s4)C(=O)N32)C(=O)NCCC2CN(c3ccc4c(c3)C(=O)N(C3CCC(=O)NC3=O)C4=O)C2)cc1. The Morgan fingerprint density at radius 3 is 2.20 bits per heavy atom. The van der Waals surface area contributed by atoms with Crippen LogP contribution in [0.4, 0.5) is 23.2 Å². The van der Waals surface area contributed by atoms with E-state index >= 15 is 0 Å². The number of hydrogen-bond acceptors (Lipinski definition) is 14. The van der Waals surface area contributed by atoms with Gasteiger partial charge in [-0.25, -0.2) is 8.78 Å². The number of carbonyl (C=O) groups is 10. The van der Waals surface area contributed by atoms with Crippen molar-refractivity contribution in [3.8, 4) is 0 Å². The number of hydrogen-bond donors (Lipinski definition) is 8. The Labute approximate surface area is 500 Å². The van der Waals surface area contributed by atoms with E-state index < -0.39 is 140 Å². The van der Waals surface area contributed by atoms with Gasteiger partial charge in [0.25, 0.3) is 24.1 Å². The number of carbonyl (C=O) groups excluding carboxylic acids is 10. The molecule has 0 spiro atoms. The number of piperidine rings is 1. The number of amides is 10. The van der Waals surface area contributed by atoms with Crippen LogP contribution in [-0.4, -0.2) is 166 Å². The maximum Gasteiger partial charge on any atom is 0.399 e. The van der Waals surface area contributed by atoms with Crippen molar-refractivity contribution in [1.82, 2.24) is 41.3 Å². The predicted octanol–water partition coefficient (Wildman–Crippen LogP) is 3.38. The summed E-state index contributed by atoms with van der Waals surface area (Å²) in [6.07, 6.45) is -2.66. The van der Waals surface area contributed by atoms with Gasteiger partial charge >= 0.3 is 13.3 Å². The van der Waals surface area contributed by atoms with Gasteiger partial charge in [0.15, 0.2) is 0 Å². The minimum absolute atomic E-state index is 0.00639. The molecule has 6 heterocycles. The number of nitrogens with zero attached hydrogens (tertiary/aromatic N) is 4. The Bertz CT molecular complexity index is 3460. The third kappa shape index (κ3) is 14.2. The second-order valence-electron chi connectivity index (χ2n) is 23.7. The van der Waals surface area contributed by atoms with Crippen LogP contribution in [0.3, 0.4) is 0 Å². The van der Waals surface area contributed by atoms with E-state index in [1.807, 2.05) is 49.9 Å². The molecule has 9 rings (SSSR count). The number of alkyl halides is 4. The van der Waals surface area contributed by atoms with Crippen molar-refractivity contribution in [1.29, 1.82) is 0 Å². The molecule has 9 N–H and O–H groups in total. The minimum atomic E-state index is -5.94. The number of primary amides is 1. The van der Waals surface area contributed by atoms with Gasteiger partial charge in [-0.05, 0) is 103 Å². The predicted molar refractivity (Wildman–Crippen MR) is 307 cm³/mol. The topological polar surface area (TPSA) is 327 Å². The summed E-state index contributed by atoms with van der Waals surface area (Å²) in [6, 6.07) is 8.88. The Balaban J connectivity index is 0.869. The lowest BCUT2D eigenvalue weighted by molar-refractivity contribution is -0.144. The molecule has 23 nitrogen and oxygen atoms in total. The highest BCUT2D eigenvalue weighted by molar-refractivity contribution is 7.52. The van der Waals surface area contributed by atoms with Crippen molar-refractivity contribution in [2.75, 3.05) is 44.2 Å². The summed E-state index contributed by atoms with van der Waals surface area (Å²) in [5.74, 6) is -7.19. The summed E-state index contributed by atoms with van der Waals surface area (Å²) in [5.41, 5.74) is 2.41. The molecular formula is C58H67F4N10O13PS. The van der Waals surface area contributed by atoms with Crippen molar-refractivity contribution >= 4 is 93.8 Å². The number of thiophene rings is 1. The molecule has 0 saturated carbocycles. The van der Waals surface area contributed by atoms with E-state index in [2.05, 4.69) is 26.6 Å². The molecule has 0 radical (unpaired) electrons. The van der Waals surface area contributed by atoms with Crippen molar-refractivity contribution in [3.63, 3.8) is 0 Å². The first-order valence-electron chi connectivity index (χ1n) is 28.4. The molecule has 4 saturated heterocycles. The summed E-state index contributed by atoms with van der Waals surface area (Å²) in [4.78, 5) is 159. The lowest BCUT2D eigenvalue weighted by Crippen LogP contribution is -2.62. The van der Waals surface area contributed by atoms with Gasteiger partial charge in [-0.15, -0.1) is 11.3 Å². The minimum Gasteiger partial charge on any atom is -0.371 e. The van der Waals surface area contributed by atoms with E-state index in [1.54, 1.807) is 12.1 Å². The second-order valence-corrected chi connectivity index (χ2v) is 26.4. The largest absolute Gasteiger partial charge is 0.399 e. The summed E-state index contributed by atoms with van der Waals surface area (Å²) >= 11 is 0.804. The van der Waals surface area contributed by atoms with Crippen molar-refractivity contribution < 1.29 is 79.9 Å². The van der Waals surface area contributed by atoms with E-state index in [0.717, 1.165) is 40.0 Å². The van der Waals surface area contributed by atoms with E-state index in [0.29, 0.717) is 30.8 Å². The molecule has 29 heteroatoms. The normalized spacial score (nSPS) is 21.2. The van der Waals surface area contributed by atoms with Crippen LogP contribution in [0.1, 0.15) is 119 Å². The number of rotatable bonds is 21. The molecule has 466 valence electrons. The standard InChI is InChI=1S/C58H67F4N10O13PS/c1-57(2,3)33-6-4-30(5-7-33)22-40(49(75)64-20-18-31-26-70(27-31)36-9-11-37-38(25-36)55(81)72(54(37)80)43-14-17-48(74)68-52(43)78)66-50(76)39(12-16-47(63)73)65-51(77)42-13-10-35-19-21-69(29-46(59)60)28-41(56(82)71(35)42)67-53(79)45-24-32-23-34(8-15-44(32)87-45)58(61,62)86(83,84)85/h4-9,11,15,23-25,31,35,39-43,46H,10,12-14,16-22,26-29H2,1-3H3,(H2,63,73)(H,64,75)(H,65,77)(H,66,76)(H,67,79)(H,68,74,78)(H2,83,84,85)/t35-,39?,40?,41+,42+,43?/m1/s1. The zero-order valence-corrected chi connectivity index (χ0v) is 49.4. The van der Waals surface area contributed by atoms with Gasteiger partial charge in [-0.3, -0.25) is 67.6 Å². The molecule has 0 aliphatic carbocycles. The number of anilines is 1. The van der Waals surface area contributed by atoms with Gasteiger partial charge in [0.1, 0.15) is 30.2 Å². The van der Waals surface area contributed by atoms with E-state index in [9.17, 15) is 79.9 Å². The molecule has 1 aromatic heterocycles. The highest BCUT2D eigenvalue weighted by Crippen LogP contribution is 2.59. The fraction of sp³-hybridized carbons (Fsp3) is 0.483. The van der Waals surface area contributed by atoms with Crippen LogP contribution in [0.5, 0.6) is 0 Å². The quantitative estimate of drug-likeness (QED) is 0.0337. The van der Waals surface area contributed by atoms with E-state index in [-0.39, 0.29) is 95.5 Å². The first-order chi connectivity index (χ1) is 41.0. The maximum atomic E-state index is 14.7. The number of fused-ring (bicyclic) bond motifs is 3. The smallest absolute Gasteiger partial charge is 0.371 e. The molecule has 6 atom stereocenters. The van der Waals surface area contributed by atoms with Gasteiger partial charge < -0.3 is 46.6 Å². The van der Waals surface area contributed by atoms with Gasteiger partial charge in [-0.1, -0.05) is 51.1 Å². The molecule has 4 fully saturated rings. The second kappa shape index (κ2) is 25.6. The average molecular weight is 1250 g/mol. The molecule has 87 heavy (non-hydrogen) atoms. The monoisotopic (exact) mass is 1250 g/mol. The Kier molecular flexibility index (Phi) is 18.8. The first-order valence-corrected chi connectivity index (χ1v) is 30.9. The molecule has 3 unspecified atom stereocenters. The number of nitrogens with two attached hydrogens (primary N) is 1. The highest BCUT2D eigenvalue weighted by Gasteiger charge is 2.51. The Morgan fingerprint density at radius 2 is 1.53 bits per heavy atom. The molecule has 3 aromatic carbocycles. The highest BCUT2D eigenvalue weighted by atomic mass is 32.1. The lowest BCUT2D eigenvalue weighted by Gasteiger charge is -2.41. The number of imide groups is 2. The zero-order chi connectivity index (χ0) is 63.0. The third-order valence-corrected chi connectivity index (χ3v) is 18.6. The summed E-state index contributed by atoms with van der Waals surface area (Å²) < 4.78 is 68.9. The van der Waals surface area contributed by atoms with Crippen LogP contribution >= 0.6 is 18.9 Å². The molecule has 5 aliphatic rings. The maximum absolute atomic E-state index is 14.7. The number of benzene rings is 3. The summed E-state index contributed by atoms with van der Waals surface area (Å²) in [5, 5.41) is 13.1. The van der Waals surface area contributed by atoms with E-state index in [1.165, 1.54) is 21.9 Å². The first kappa shape index (κ1) is 63.8. The van der Waals surface area contributed by atoms with Crippen LogP contribution < -0.4 is 37.2 Å². The molecule has 10 amide bonds. The molecule has 4 aromatic rings. The molecule has 5 aliphatic heterocycles. The molecule has 0 bridgehead atoms. The van der Waals surface area contributed by atoms with Gasteiger partial charge in [0, 0.05) is 74.0 Å². The van der Waals surface area contributed by atoms with Crippen molar-refractivity contribution in [2.45, 2.75) is 132 Å². The fourth-order valence-corrected chi connectivity index (χ4v) is 13.1. The number of nitrogens with one attached hydrogen (secondary N) is 5. The lowest BCUT2D eigenvalue weighted by atomic mass is 9.86. The van der Waals surface area contributed by atoms with Crippen LogP contribution in [-0.2, 0) is 55.6 Å². The van der Waals surface area contributed by atoms with E-state index in [4.69, 9.17) is 5.73 Å². The fourth-order valence-electron chi connectivity index (χ4n) is 11.7.